The SMILES string of the molecule is CCOC1CCC(C2CCC(OCc3ccc(C)c(F)c3C(F)F)CC2)OC1. The highest BCUT2D eigenvalue weighted by Gasteiger charge is 2.32. The molecule has 2 fully saturated rings. The van der Waals surface area contributed by atoms with Crippen LogP contribution in [-0.4, -0.2) is 31.5 Å². The second-order valence-corrected chi connectivity index (χ2v) is 7.94. The minimum Gasteiger partial charge on any atom is -0.376 e. The molecule has 0 radical (unpaired) electrons. The molecule has 158 valence electrons. The molecule has 3 nitrogen and oxygen atoms in total. The van der Waals surface area contributed by atoms with Crippen LogP contribution in [0.1, 0.15) is 68.6 Å². The molecule has 3 rings (SSSR count). The van der Waals surface area contributed by atoms with Crippen LogP contribution in [0.3, 0.4) is 0 Å². The first-order chi connectivity index (χ1) is 13.5. The number of rotatable bonds is 7. The van der Waals surface area contributed by atoms with Crippen LogP contribution in [0.15, 0.2) is 12.1 Å². The topological polar surface area (TPSA) is 27.7 Å². The zero-order chi connectivity index (χ0) is 20.1. The summed E-state index contributed by atoms with van der Waals surface area (Å²) in [6, 6.07) is 3.09. The van der Waals surface area contributed by atoms with Gasteiger partial charge >= 0.3 is 0 Å². The summed E-state index contributed by atoms with van der Waals surface area (Å²) in [5, 5.41) is 0. The van der Waals surface area contributed by atoms with Crippen LogP contribution < -0.4 is 0 Å². The van der Waals surface area contributed by atoms with Crippen LogP contribution in [0.4, 0.5) is 13.2 Å². The van der Waals surface area contributed by atoms with Crippen molar-refractivity contribution in [3.63, 3.8) is 0 Å². The van der Waals surface area contributed by atoms with Crippen molar-refractivity contribution in [2.45, 2.75) is 83.7 Å². The highest BCUT2D eigenvalue weighted by Crippen LogP contribution is 2.35. The van der Waals surface area contributed by atoms with Crippen molar-refractivity contribution in [3.05, 3.63) is 34.6 Å². The smallest absolute Gasteiger partial charge is 0.267 e. The summed E-state index contributed by atoms with van der Waals surface area (Å²) >= 11 is 0. The fourth-order valence-electron chi connectivity index (χ4n) is 4.43. The van der Waals surface area contributed by atoms with Gasteiger partial charge in [0.1, 0.15) is 5.82 Å². The van der Waals surface area contributed by atoms with E-state index >= 15 is 0 Å². The highest BCUT2D eigenvalue weighted by atomic mass is 19.3. The molecule has 1 aliphatic heterocycles. The molecule has 0 amide bonds. The molecule has 1 saturated heterocycles. The standard InChI is InChI=1S/C22H31F3O3/c1-3-26-18-10-11-19(28-13-18)15-6-8-17(9-7-15)27-12-16-5-4-14(2)21(23)20(16)22(24)25/h4-5,15,17-19,22H,3,6-13H2,1-2H3. The molecule has 28 heavy (non-hydrogen) atoms. The van der Waals surface area contributed by atoms with Gasteiger partial charge in [0, 0.05) is 6.61 Å². The van der Waals surface area contributed by atoms with Gasteiger partial charge in [-0.3, -0.25) is 0 Å². The van der Waals surface area contributed by atoms with Crippen molar-refractivity contribution in [1.29, 1.82) is 0 Å². The van der Waals surface area contributed by atoms with Crippen molar-refractivity contribution < 1.29 is 27.4 Å². The number of hydrogen-bond acceptors (Lipinski definition) is 3. The average molecular weight is 400 g/mol. The lowest BCUT2D eigenvalue weighted by Gasteiger charge is -2.37. The van der Waals surface area contributed by atoms with Crippen LogP contribution >= 0.6 is 0 Å². The van der Waals surface area contributed by atoms with Gasteiger partial charge in [-0.15, -0.1) is 0 Å². The molecule has 1 aromatic rings. The summed E-state index contributed by atoms with van der Waals surface area (Å²) < 4.78 is 58.1. The molecule has 1 saturated carbocycles. The van der Waals surface area contributed by atoms with E-state index in [1.165, 1.54) is 13.0 Å². The summed E-state index contributed by atoms with van der Waals surface area (Å²) in [4.78, 5) is 0. The van der Waals surface area contributed by atoms with Crippen LogP contribution in [0.2, 0.25) is 0 Å². The summed E-state index contributed by atoms with van der Waals surface area (Å²) in [6.07, 6.45) is 3.58. The normalized spacial score (nSPS) is 28.6. The number of ether oxygens (including phenoxy) is 3. The number of hydrogen-bond donors (Lipinski definition) is 0. The Kier molecular flexibility index (Phi) is 7.77. The minimum absolute atomic E-state index is 0.0299. The Morgan fingerprint density at radius 2 is 1.75 bits per heavy atom. The van der Waals surface area contributed by atoms with Crippen molar-refractivity contribution in [2.75, 3.05) is 13.2 Å². The lowest BCUT2D eigenvalue weighted by molar-refractivity contribution is -0.111. The third-order valence-electron chi connectivity index (χ3n) is 6.07. The summed E-state index contributed by atoms with van der Waals surface area (Å²) in [6.45, 7) is 4.92. The van der Waals surface area contributed by atoms with Gasteiger partial charge in [0.25, 0.3) is 6.43 Å². The van der Waals surface area contributed by atoms with E-state index in [-0.39, 0.29) is 36.0 Å². The first kappa shape index (κ1) is 21.6. The molecule has 2 aliphatic rings. The van der Waals surface area contributed by atoms with Gasteiger partial charge in [0.15, 0.2) is 0 Å². The molecule has 1 heterocycles. The van der Waals surface area contributed by atoms with Gasteiger partial charge in [-0.05, 0) is 69.4 Å². The Bertz CT molecular complexity index is 622. The van der Waals surface area contributed by atoms with E-state index in [1.807, 2.05) is 6.92 Å². The van der Waals surface area contributed by atoms with E-state index in [2.05, 4.69) is 0 Å². The fourth-order valence-corrected chi connectivity index (χ4v) is 4.43. The summed E-state index contributed by atoms with van der Waals surface area (Å²) in [5.41, 5.74) is -0.0374. The molecular weight excluding hydrogens is 369 g/mol. The minimum atomic E-state index is -2.83. The van der Waals surface area contributed by atoms with E-state index < -0.39 is 17.8 Å². The summed E-state index contributed by atoms with van der Waals surface area (Å²) in [5.74, 6) is -0.296. The van der Waals surface area contributed by atoms with Gasteiger partial charge in [-0.25, -0.2) is 13.2 Å². The van der Waals surface area contributed by atoms with E-state index in [0.717, 1.165) is 45.1 Å². The van der Waals surface area contributed by atoms with E-state index in [0.29, 0.717) is 12.5 Å². The van der Waals surface area contributed by atoms with Crippen molar-refractivity contribution in [3.8, 4) is 0 Å². The number of aryl methyl sites for hydroxylation is 1. The van der Waals surface area contributed by atoms with Crippen LogP contribution in [-0.2, 0) is 20.8 Å². The Hall–Kier alpha value is -1.11. The third-order valence-corrected chi connectivity index (χ3v) is 6.07. The van der Waals surface area contributed by atoms with E-state index in [1.54, 1.807) is 6.07 Å². The van der Waals surface area contributed by atoms with Gasteiger partial charge in [0.05, 0.1) is 37.1 Å². The maximum absolute atomic E-state index is 14.1. The maximum Gasteiger partial charge on any atom is 0.267 e. The zero-order valence-electron chi connectivity index (χ0n) is 16.8. The molecule has 2 atom stereocenters. The van der Waals surface area contributed by atoms with Gasteiger partial charge < -0.3 is 14.2 Å². The lowest BCUT2D eigenvalue weighted by Crippen LogP contribution is -2.38. The fraction of sp³-hybridized carbons (Fsp3) is 0.727. The quantitative estimate of drug-likeness (QED) is 0.585. The molecule has 0 spiro atoms. The molecule has 1 aliphatic carbocycles. The predicted octanol–water partition coefficient (Wildman–Crippen LogP) is 5.73. The molecular formula is C22H31F3O3. The summed E-state index contributed by atoms with van der Waals surface area (Å²) in [7, 11) is 0. The van der Waals surface area contributed by atoms with Crippen LogP contribution in [0.5, 0.6) is 0 Å². The van der Waals surface area contributed by atoms with Crippen molar-refractivity contribution in [1.82, 2.24) is 0 Å². The Morgan fingerprint density at radius 3 is 2.36 bits per heavy atom. The van der Waals surface area contributed by atoms with E-state index in [4.69, 9.17) is 14.2 Å². The lowest BCUT2D eigenvalue weighted by atomic mass is 9.81. The maximum atomic E-state index is 14.1. The molecule has 1 aromatic carbocycles. The Labute approximate surface area is 165 Å². The Morgan fingerprint density at radius 1 is 1.04 bits per heavy atom. The van der Waals surface area contributed by atoms with Crippen molar-refractivity contribution in [2.24, 2.45) is 5.92 Å². The average Bonchev–Trinajstić information content (AvgIpc) is 2.70. The Balaban J connectivity index is 1.46. The highest BCUT2D eigenvalue weighted by molar-refractivity contribution is 5.34. The van der Waals surface area contributed by atoms with E-state index in [9.17, 15) is 13.2 Å². The van der Waals surface area contributed by atoms with Crippen LogP contribution in [0.25, 0.3) is 0 Å². The first-order valence-corrected chi connectivity index (χ1v) is 10.4. The third kappa shape index (κ3) is 5.28. The van der Waals surface area contributed by atoms with Gasteiger partial charge in [0.2, 0.25) is 0 Å². The number of halogens is 3. The zero-order valence-corrected chi connectivity index (χ0v) is 16.8. The van der Waals surface area contributed by atoms with Gasteiger partial charge in [-0.1, -0.05) is 12.1 Å². The monoisotopic (exact) mass is 400 g/mol. The molecule has 0 N–H and O–H groups in total. The first-order valence-electron chi connectivity index (χ1n) is 10.4. The largest absolute Gasteiger partial charge is 0.376 e. The second kappa shape index (κ2) is 10.1. The van der Waals surface area contributed by atoms with Crippen molar-refractivity contribution >= 4 is 0 Å². The number of alkyl halides is 2. The molecule has 6 heteroatoms. The molecule has 2 unspecified atom stereocenters. The van der Waals surface area contributed by atoms with Crippen LogP contribution in [0, 0.1) is 18.7 Å². The predicted molar refractivity (Wildman–Crippen MR) is 101 cm³/mol. The molecule has 0 bridgehead atoms. The molecule has 0 aromatic heterocycles. The second-order valence-electron chi connectivity index (χ2n) is 7.94. The van der Waals surface area contributed by atoms with Gasteiger partial charge in [-0.2, -0.15) is 0 Å². The number of benzene rings is 1.